The van der Waals surface area contributed by atoms with Gasteiger partial charge in [-0.3, -0.25) is 4.79 Å². The Balaban J connectivity index is 1.91. The number of benzene rings is 1. The Morgan fingerprint density at radius 3 is 2.40 bits per heavy atom. The normalized spacial score (nSPS) is 14.5. The van der Waals surface area contributed by atoms with E-state index in [1.54, 1.807) is 10.8 Å². The second-order valence-electron chi connectivity index (χ2n) is 9.10. The van der Waals surface area contributed by atoms with Crippen molar-refractivity contribution >= 4 is 15.7 Å². The molecule has 1 fully saturated rings. The Bertz CT molecular complexity index is 961. The Morgan fingerprint density at radius 2 is 1.83 bits per heavy atom. The van der Waals surface area contributed by atoms with E-state index in [9.17, 15) is 13.2 Å². The molecule has 0 spiro atoms. The average molecular weight is 432 g/mol. The fourth-order valence-electron chi connectivity index (χ4n) is 3.59. The summed E-state index contributed by atoms with van der Waals surface area (Å²) in [4.78, 5) is 19.0. The van der Waals surface area contributed by atoms with Gasteiger partial charge < -0.3 is 9.47 Å². The van der Waals surface area contributed by atoms with Crippen molar-refractivity contribution in [2.24, 2.45) is 17.8 Å². The first-order valence-electron chi connectivity index (χ1n) is 10.8. The SMILES string of the molecule is CC(C)Cn1c(CN(CC2CC2)C(=O)C(C)C)cnc1S(=O)(=O)Cc1ccccc1. The highest BCUT2D eigenvalue weighted by atomic mass is 32.2. The van der Waals surface area contributed by atoms with Gasteiger partial charge >= 0.3 is 0 Å². The second-order valence-corrected chi connectivity index (χ2v) is 11.0. The molecule has 0 unspecified atom stereocenters. The maximum absolute atomic E-state index is 13.2. The summed E-state index contributed by atoms with van der Waals surface area (Å²) in [6.07, 6.45) is 3.95. The minimum atomic E-state index is -3.60. The van der Waals surface area contributed by atoms with Gasteiger partial charge in [0.15, 0.2) is 0 Å². The Morgan fingerprint density at radius 1 is 1.17 bits per heavy atom. The first-order valence-corrected chi connectivity index (χ1v) is 12.4. The van der Waals surface area contributed by atoms with E-state index in [1.807, 2.05) is 49.1 Å². The van der Waals surface area contributed by atoms with E-state index in [4.69, 9.17) is 0 Å². The minimum absolute atomic E-state index is 0.0842. The van der Waals surface area contributed by atoms with E-state index in [0.29, 0.717) is 19.0 Å². The lowest BCUT2D eigenvalue weighted by Crippen LogP contribution is -2.36. The number of nitrogens with zero attached hydrogens (tertiary/aromatic N) is 3. The molecular weight excluding hydrogens is 398 g/mol. The summed E-state index contributed by atoms with van der Waals surface area (Å²) in [5.74, 6) is 0.746. The molecule has 0 N–H and O–H groups in total. The van der Waals surface area contributed by atoms with E-state index in [0.717, 1.165) is 30.6 Å². The Hall–Kier alpha value is -2.15. The zero-order valence-corrected chi connectivity index (χ0v) is 19.2. The van der Waals surface area contributed by atoms with Gasteiger partial charge in [-0.1, -0.05) is 58.0 Å². The van der Waals surface area contributed by atoms with Crippen LogP contribution in [0.15, 0.2) is 41.7 Å². The van der Waals surface area contributed by atoms with Gasteiger partial charge in [0.25, 0.3) is 0 Å². The van der Waals surface area contributed by atoms with E-state index in [2.05, 4.69) is 18.8 Å². The molecule has 3 rings (SSSR count). The zero-order valence-electron chi connectivity index (χ0n) is 18.4. The third kappa shape index (κ3) is 5.72. The van der Waals surface area contributed by atoms with Gasteiger partial charge in [0, 0.05) is 19.0 Å². The van der Waals surface area contributed by atoms with Crippen molar-refractivity contribution in [1.29, 1.82) is 0 Å². The molecule has 0 aliphatic heterocycles. The smallest absolute Gasteiger partial charge is 0.228 e. The highest BCUT2D eigenvalue weighted by Crippen LogP contribution is 2.31. The standard InChI is InChI=1S/C23H33N3O3S/c1-17(2)13-26-21(15-25(14-19-10-11-19)22(27)18(3)4)12-24-23(26)30(28,29)16-20-8-6-5-7-9-20/h5-9,12,17-19H,10-11,13-16H2,1-4H3. The molecule has 1 aliphatic rings. The minimum Gasteiger partial charge on any atom is -0.336 e. The molecule has 1 aliphatic carbocycles. The van der Waals surface area contributed by atoms with Crippen molar-refractivity contribution in [3.8, 4) is 0 Å². The number of imidazole rings is 1. The average Bonchev–Trinajstić information content (AvgIpc) is 3.40. The number of amides is 1. The summed E-state index contributed by atoms with van der Waals surface area (Å²) in [7, 11) is -3.60. The monoisotopic (exact) mass is 431 g/mol. The molecule has 0 bridgehead atoms. The summed E-state index contributed by atoms with van der Waals surface area (Å²) >= 11 is 0. The number of sulfone groups is 1. The molecule has 0 atom stereocenters. The third-order valence-electron chi connectivity index (χ3n) is 5.26. The molecular formula is C23H33N3O3S. The third-order valence-corrected chi connectivity index (χ3v) is 6.86. The summed E-state index contributed by atoms with van der Waals surface area (Å²) in [5.41, 5.74) is 1.52. The lowest BCUT2D eigenvalue weighted by molar-refractivity contribution is -0.135. The summed E-state index contributed by atoms with van der Waals surface area (Å²) in [6.45, 7) is 9.60. The molecule has 0 radical (unpaired) electrons. The molecule has 0 saturated heterocycles. The van der Waals surface area contributed by atoms with Crippen LogP contribution in [0.25, 0.3) is 0 Å². The van der Waals surface area contributed by atoms with Crippen LogP contribution in [0.4, 0.5) is 0 Å². The van der Waals surface area contributed by atoms with Gasteiger partial charge in [0.1, 0.15) is 0 Å². The van der Waals surface area contributed by atoms with Crippen LogP contribution >= 0.6 is 0 Å². The van der Waals surface area contributed by atoms with Gasteiger partial charge in [0.05, 0.1) is 24.2 Å². The van der Waals surface area contributed by atoms with Crippen LogP contribution in [0.2, 0.25) is 0 Å². The number of rotatable bonds is 10. The van der Waals surface area contributed by atoms with Crippen LogP contribution in [0, 0.1) is 17.8 Å². The first-order chi connectivity index (χ1) is 14.2. The predicted molar refractivity (Wildman–Crippen MR) is 117 cm³/mol. The Labute approximate surface area is 180 Å². The molecule has 6 nitrogen and oxygen atoms in total. The van der Waals surface area contributed by atoms with E-state index >= 15 is 0 Å². The first kappa shape index (κ1) is 22.5. The fraction of sp³-hybridized carbons (Fsp3) is 0.565. The van der Waals surface area contributed by atoms with E-state index in [1.165, 1.54) is 0 Å². The van der Waals surface area contributed by atoms with E-state index < -0.39 is 9.84 Å². The van der Waals surface area contributed by atoms with Gasteiger partial charge in [-0.05, 0) is 30.2 Å². The van der Waals surface area contributed by atoms with Crippen molar-refractivity contribution in [2.75, 3.05) is 6.54 Å². The van der Waals surface area contributed by atoms with Crippen molar-refractivity contribution < 1.29 is 13.2 Å². The lowest BCUT2D eigenvalue weighted by Gasteiger charge is -2.25. The maximum atomic E-state index is 13.2. The fourth-order valence-corrected chi connectivity index (χ4v) is 5.09. The number of hydrogen-bond donors (Lipinski definition) is 0. The number of aromatic nitrogens is 2. The van der Waals surface area contributed by atoms with Crippen LogP contribution in [-0.2, 0) is 33.5 Å². The molecule has 30 heavy (non-hydrogen) atoms. The molecule has 1 heterocycles. The zero-order chi connectivity index (χ0) is 21.9. The lowest BCUT2D eigenvalue weighted by atomic mass is 10.1. The predicted octanol–water partition coefficient (Wildman–Crippen LogP) is 3.91. The highest BCUT2D eigenvalue weighted by molar-refractivity contribution is 7.90. The van der Waals surface area contributed by atoms with Crippen molar-refractivity contribution in [3.05, 3.63) is 47.8 Å². The van der Waals surface area contributed by atoms with Crippen molar-refractivity contribution in [3.63, 3.8) is 0 Å². The quantitative estimate of drug-likeness (QED) is 0.572. The summed E-state index contributed by atoms with van der Waals surface area (Å²) in [5, 5.41) is 0.0958. The van der Waals surface area contributed by atoms with Crippen molar-refractivity contribution in [1.82, 2.24) is 14.5 Å². The number of carbonyl (C=O) groups is 1. The van der Waals surface area contributed by atoms with Gasteiger partial charge in [-0.15, -0.1) is 0 Å². The van der Waals surface area contributed by atoms with Gasteiger partial charge in [-0.25, -0.2) is 13.4 Å². The largest absolute Gasteiger partial charge is 0.336 e. The molecule has 1 aromatic carbocycles. The van der Waals surface area contributed by atoms with Gasteiger partial charge in [0.2, 0.25) is 20.9 Å². The molecule has 164 valence electrons. The van der Waals surface area contributed by atoms with Gasteiger partial charge in [-0.2, -0.15) is 0 Å². The summed E-state index contributed by atoms with van der Waals surface area (Å²) in [6, 6.07) is 9.17. The van der Waals surface area contributed by atoms with E-state index in [-0.39, 0.29) is 28.7 Å². The molecule has 1 amide bonds. The Kier molecular flexibility index (Phi) is 7.01. The number of carbonyl (C=O) groups excluding carboxylic acids is 1. The highest BCUT2D eigenvalue weighted by Gasteiger charge is 2.30. The van der Waals surface area contributed by atoms with Crippen LogP contribution in [0.5, 0.6) is 0 Å². The second kappa shape index (κ2) is 9.33. The molecule has 1 aromatic heterocycles. The van der Waals surface area contributed by atoms with Crippen LogP contribution in [0.1, 0.15) is 51.8 Å². The van der Waals surface area contributed by atoms with Crippen LogP contribution < -0.4 is 0 Å². The molecule has 1 saturated carbocycles. The molecule has 7 heteroatoms. The molecule has 2 aromatic rings. The summed E-state index contributed by atoms with van der Waals surface area (Å²) < 4.78 is 28.1. The maximum Gasteiger partial charge on any atom is 0.228 e. The topological polar surface area (TPSA) is 72.3 Å². The van der Waals surface area contributed by atoms with Crippen molar-refractivity contribution in [2.45, 2.75) is 64.5 Å². The number of hydrogen-bond acceptors (Lipinski definition) is 4. The van der Waals surface area contributed by atoms with Crippen LogP contribution in [-0.4, -0.2) is 35.3 Å². The van der Waals surface area contributed by atoms with Crippen LogP contribution in [0.3, 0.4) is 0 Å².